The van der Waals surface area contributed by atoms with Crippen LogP contribution in [-0.2, 0) is 0 Å². The number of alkyl halides is 1. The lowest BCUT2D eigenvalue weighted by atomic mass is 9.43. The first-order valence-electron chi connectivity index (χ1n) is 7.33. The van der Waals surface area contributed by atoms with Crippen molar-refractivity contribution in [3.05, 3.63) is 35.9 Å². The van der Waals surface area contributed by atoms with Crippen molar-refractivity contribution >= 4 is 0 Å². The van der Waals surface area contributed by atoms with E-state index in [9.17, 15) is 0 Å². The Morgan fingerprint density at radius 3 is 2.17 bits per heavy atom. The monoisotopic (exact) mass is 244 g/mol. The van der Waals surface area contributed by atoms with Gasteiger partial charge < -0.3 is 0 Å². The third kappa shape index (κ3) is 1.36. The molecule has 18 heavy (non-hydrogen) atoms. The Balaban J connectivity index is 1.82. The number of rotatable bonds is 1. The molecule has 96 valence electrons. The highest BCUT2D eigenvalue weighted by molar-refractivity contribution is 5.30. The van der Waals surface area contributed by atoms with Crippen molar-refractivity contribution in [3.8, 4) is 0 Å². The van der Waals surface area contributed by atoms with Crippen molar-refractivity contribution in [1.29, 1.82) is 0 Å². The SMILES string of the molecule is CC12C[C@H]3C[C@@H](C1)CC(F)(C3)C2c1ccccc1. The highest BCUT2D eigenvalue weighted by Crippen LogP contribution is 2.68. The molecule has 1 aromatic rings. The fourth-order valence-corrected chi connectivity index (χ4v) is 5.84. The van der Waals surface area contributed by atoms with Gasteiger partial charge in [0.1, 0.15) is 5.67 Å². The molecule has 0 nitrogen and oxygen atoms in total. The van der Waals surface area contributed by atoms with Crippen LogP contribution in [0.15, 0.2) is 30.3 Å². The molecule has 0 saturated heterocycles. The van der Waals surface area contributed by atoms with Crippen LogP contribution in [0.1, 0.15) is 50.5 Å². The summed E-state index contributed by atoms with van der Waals surface area (Å²) >= 11 is 0. The summed E-state index contributed by atoms with van der Waals surface area (Å²) in [6.45, 7) is 2.34. The molecule has 0 amide bonds. The predicted octanol–water partition coefficient (Wildman–Crippen LogP) is 4.71. The Kier molecular flexibility index (Phi) is 2.06. The van der Waals surface area contributed by atoms with Gasteiger partial charge in [0.05, 0.1) is 0 Å². The van der Waals surface area contributed by atoms with Gasteiger partial charge in [0.25, 0.3) is 0 Å². The lowest BCUT2D eigenvalue weighted by Crippen LogP contribution is -2.58. The van der Waals surface area contributed by atoms with Crippen molar-refractivity contribution in [2.45, 2.75) is 50.6 Å². The average molecular weight is 244 g/mol. The topological polar surface area (TPSA) is 0 Å². The van der Waals surface area contributed by atoms with Crippen LogP contribution >= 0.6 is 0 Å². The molecule has 3 unspecified atom stereocenters. The molecular weight excluding hydrogens is 223 g/mol. The van der Waals surface area contributed by atoms with Gasteiger partial charge in [0, 0.05) is 5.92 Å². The second-order valence-corrected chi connectivity index (χ2v) is 7.32. The third-order valence-electron chi connectivity index (χ3n) is 5.78. The summed E-state index contributed by atoms with van der Waals surface area (Å²) in [5, 5.41) is 0. The number of hydrogen-bond acceptors (Lipinski definition) is 0. The molecule has 5 atom stereocenters. The molecule has 0 aromatic heterocycles. The zero-order valence-corrected chi connectivity index (χ0v) is 11.0. The van der Waals surface area contributed by atoms with E-state index in [0.29, 0.717) is 11.8 Å². The molecule has 4 fully saturated rings. The summed E-state index contributed by atoms with van der Waals surface area (Å²) in [4.78, 5) is 0. The first-order valence-corrected chi connectivity index (χ1v) is 7.33. The molecule has 4 saturated carbocycles. The van der Waals surface area contributed by atoms with E-state index in [4.69, 9.17) is 0 Å². The van der Waals surface area contributed by atoms with Crippen LogP contribution in [0.4, 0.5) is 4.39 Å². The summed E-state index contributed by atoms with van der Waals surface area (Å²) < 4.78 is 15.5. The zero-order valence-electron chi connectivity index (χ0n) is 11.0. The van der Waals surface area contributed by atoms with Crippen molar-refractivity contribution < 1.29 is 4.39 Å². The van der Waals surface area contributed by atoms with E-state index in [1.54, 1.807) is 0 Å². The Hall–Kier alpha value is -0.850. The Bertz CT molecular complexity index is 428. The lowest BCUT2D eigenvalue weighted by molar-refractivity contribution is -0.137. The molecule has 0 heterocycles. The van der Waals surface area contributed by atoms with E-state index in [0.717, 1.165) is 12.8 Å². The fraction of sp³-hybridized carbons (Fsp3) is 0.647. The minimum atomic E-state index is -0.916. The van der Waals surface area contributed by atoms with Crippen LogP contribution in [0.5, 0.6) is 0 Å². The first kappa shape index (κ1) is 11.0. The van der Waals surface area contributed by atoms with Gasteiger partial charge in [-0.15, -0.1) is 0 Å². The van der Waals surface area contributed by atoms with Crippen LogP contribution in [0.3, 0.4) is 0 Å². The van der Waals surface area contributed by atoms with Gasteiger partial charge >= 0.3 is 0 Å². The quantitative estimate of drug-likeness (QED) is 0.671. The van der Waals surface area contributed by atoms with Crippen LogP contribution < -0.4 is 0 Å². The van der Waals surface area contributed by atoms with Gasteiger partial charge in [-0.3, -0.25) is 0 Å². The maximum absolute atomic E-state index is 15.5. The molecule has 0 spiro atoms. The molecule has 5 rings (SSSR count). The highest BCUT2D eigenvalue weighted by Gasteiger charge is 2.62. The summed E-state index contributed by atoms with van der Waals surface area (Å²) in [5.41, 5.74) is 0.529. The van der Waals surface area contributed by atoms with Crippen molar-refractivity contribution in [2.75, 3.05) is 0 Å². The van der Waals surface area contributed by atoms with Gasteiger partial charge in [-0.1, -0.05) is 37.3 Å². The van der Waals surface area contributed by atoms with Crippen molar-refractivity contribution in [3.63, 3.8) is 0 Å². The Morgan fingerprint density at radius 1 is 1.00 bits per heavy atom. The maximum Gasteiger partial charge on any atom is 0.118 e. The molecule has 4 aliphatic rings. The molecule has 4 bridgehead atoms. The van der Waals surface area contributed by atoms with Gasteiger partial charge in [-0.25, -0.2) is 4.39 Å². The molecule has 1 heteroatoms. The molecule has 1 aromatic carbocycles. The van der Waals surface area contributed by atoms with Crippen LogP contribution in [0.2, 0.25) is 0 Å². The Labute approximate surface area is 109 Å². The molecule has 0 N–H and O–H groups in total. The highest BCUT2D eigenvalue weighted by atomic mass is 19.1. The predicted molar refractivity (Wildman–Crippen MR) is 71.2 cm³/mol. The van der Waals surface area contributed by atoms with Crippen molar-refractivity contribution in [1.82, 2.24) is 0 Å². The van der Waals surface area contributed by atoms with Gasteiger partial charge in [0.15, 0.2) is 0 Å². The molecule has 0 aliphatic heterocycles. The van der Waals surface area contributed by atoms with E-state index in [1.807, 2.05) is 6.07 Å². The standard InChI is InChI=1S/C17H21F/c1-16-8-12-7-13(9-16)11-17(18,10-12)15(16)14-5-3-2-4-6-14/h2-6,12-13,15H,7-11H2,1H3/t12-,13+,15?,16?,17?. The summed E-state index contributed by atoms with van der Waals surface area (Å²) in [6.07, 6.45) is 5.42. The van der Waals surface area contributed by atoms with Crippen LogP contribution in [0, 0.1) is 17.3 Å². The fourth-order valence-electron chi connectivity index (χ4n) is 5.84. The third-order valence-corrected chi connectivity index (χ3v) is 5.78. The molecular formula is C17H21F. The van der Waals surface area contributed by atoms with E-state index >= 15 is 4.39 Å². The van der Waals surface area contributed by atoms with E-state index in [2.05, 4.69) is 31.2 Å². The average Bonchev–Trinajstić information content (AvgIpc) is 2.26. The van der Waals surface area contributed by atoms with E-state index in [-0.39, 0.29) is 11.3 Å². The summed E-state index contributed by atoms with van der Waals surface area (Å²) in [6, 6.07) is 10.4. The maximum atomic E-state index is 15.5. The number of benzene rings is 1. The smallest absolute Gasteiger partial charge is 0.118 e. The molecule has 4 aliphatic carbocycles. The van der Waals surface area contributed by atoms with Crippen LogP contribution in [-0.4, -0.2) is 5.67 Å². The summed E-state index contributed by atoms with van der Waals surface area (Å²) in [5.74, 6) is 1.46. The summed E-state index contributed by atoms with van der Waals surface area (Å²) in [7, 11) is 0. The Morgan fingerprint density at radius 2 is 1.61 bits per heavy atom. The van der Waals surface area contributed by atoms with Gasteiger partial charge in [-0.2, -0.15) is 0 Å². The number of hydrogen-bond donors (Lipinski definition) is 0. The largest absolute Gasteiger partial charge is 0.243 e. The van der Waals surface area contributed by atoms with E-state index < -0.39 is 5.67 Å². The second-order valence-electron chi connectivity index (χ2n) is 7.32. The van der Waals surface area contributed by atoms with Crippen molar-refractivity contribution in [2.24, 2.45) is 17.3 Å². The minimum Gasteiger partial charge on any atom is -0.243 e. The van der Waals surface area contributed by atoms with E-state index in [1.165, 1.54) is 24.8 Å². The normalized spacial score (nSPS) is 49.6. The van der Waals surface area contributed by atoms with Gasteiger partial charge in [0.2, 0.25) is 0 Å². The zero-order chi connectivity index (χ0) is 12.4. The number of halogens is 1. The second kappa shape index (κ2) is 3.37. The molecule has 0 radical (unpaired) electrons. The van der Waals surface area contributed by atoms with Gasteiger partial charge in [-0.05, 0) is 54.9 Å². The van der Waals surface area contributed by atoms with Crippen LogP contribution in [0.25, 0.3) is 0 Å². The first-order chi connectivity index (χ1) is 8.59. The minimum absolute atomic E-state index is 0.138. The lowest BCUT2D eigenvalue weighted by Gasteiger charge is -2.63.